The molecule has 6 heteroatoms. The van der Waals surface area contributed by atoms with Gasteiger partial charge in [0, 0.05) is 5.69 Å². The van der Waals surface area contributed by atoms with Crippen LogP contribution in [-0.4, -0.2) is 38.1 Å². The van der Waals surface area contributed by atoms with Crippen molar-refractivity contribution in [1.29, 1.82) is 5.26 Å². The van der Waals surface area contributed by atoms with E-state index < -0.39 is 0 Å². The van der Waals surface area contributed by atoms with Crippen LogP contribution in [0.1, 0.15) is 17.4 Å². The number of nitriles is 1. The zero-order valence-electron chi connectivity index (χ0n) is 14.4. The Morgan fingerprint density at radius 1 is 1.24 bits per heavy atom. The topological polar surface area (TPSA) is 61.8 Å². The number of carbonyl (C=O) groups is 1. The minimum absolute atomic E-state index is 0.0430. The molecule has 1 saturated heterocycles. The Balaban J connectivity index is 1.48. The number of amides is 1. The highest BCUT2D eigenvalue weighted by Crippen LogP contribution is 2.09. The van der Waals surface area contributed by atoms with Gasteiger partial charge in [-0.1, -0.05) is 6.07 Å². The van der Waals surface area contributed by atoms with Gasteiger partial charge in [0.15, 0.2) is 6.04 Å². The average molecular weight is 356 g/mol. The Hall–Kier alpha value is -2.20. The first-order valence-electron chi connectivity index (χ1n) is 8.67. The third-order valence-electron chi connectivity index (χ3n) is 4.89. The molecule has 5 nitrogen and oxygen atoms in total. The number of carbonyl (C=O) groups excluding carboxylic acids is 1. The number of rotatable bonds is 5. The lowest BCUT2D eigenvalue weighted by atomic mass is 10.2. The summed E-state index contributed by atoms with van der Waals surface area (Å²) < 4.78 is 0. The molecular formula is C19H24N4OS+2. The highest BCUT2D eigenvalue weighted by molar-refractivity contribution is 7.09. The number of benzene rings is 1. The van der Waals surface area contributed by atoms with Crippen LogP contribution in [0.4, 0.5) is 5.69 Å². The predicted molar refractivity (Wildman–Crippen MR) is 98.7 cm³/mol. The summed E-state index contributed by atoms with van der Waals surface area (Å²) in [5, 5.41) is 13.9. The van der Waals surface area contributed by atoms with Crippen LogP contribution < -0.4 is 15.1 Å². The maximum absolute atomic E-state index is 12.5. The molecule has 1 aliphatic heterocycles. The summed E-state index contributed by atoms with van der Waals surface area (Å²) in [5.74, 6) is 0.0430. The Morgan fingerprint density at radius 2 is 1.96 bits per heavy atom. The zero-order chi connectivity index (χ0) is 17.6. The highest BCUT2D eigenvalue weighted by Gasteiger charge is 2.31. The van der Waals surface area contributed by atoms with Crippen molar-refractivity contribution >= 4 is 22.9 Å². The van der Waals surface area contributed by atoms with Crippen LogP contribution >= 0.6 is 11.3 Å². The summed E-state index contributed by atoms with van der Waals surface area (Å²) in [4.78, 5) is 16.9. The van der Waals surface area contributed by atoms with Crippen molar-refractivity contribution < 1.29 is 14.6 Å². The predicted octanol–water partition coefficient (Wildman–Crippen LogP) is -0.0696. The van der Waals surface area contributed by atoms with Crippen molar-refractivity contribution in [1.82, 2.24) is 0 Å². The number of hydrogen-bond acceptors (Lipinski definition) is 3. The summed E-state index contributed by atoms with van der Waals surface area (Å²) in [6.45, 7) is 7.32. The number of hydrogen-bond donors (Lipinski definition) is 3. The molecule has 1 atom stereocenters. The van der Waals surface area contributed by atoms with Crippen LogP contribution in [0.5, 0.6) is 0 Å². The van der Waals surface area contributed by atoms with Crippen LogP contribution in [-0.2, 0) is 11.3 Å². The maximum atomic E-state index is 12.5. The van der Waals surface area contributed by atoms with Crippen molar-refractivity contribution in [3.8, 4) is 6.07 Å². The number of nitrogens with zero attached hydrogens (tertiary/aromatic N) is 1. The summed E-state index contributed by atoms with van der Waals surface area (Å²) in [7, 11) is 0. The lowest BCUT2D eigenvalue weighted by Gasteiger charge is -2.32. The van der Waals surface area contributed by atoms with Gasteiger partial charge in [-0.05, 0) is 42.6 Å². The summed E-state index contributed by atoms with van der Waals surface area (Å²) in [6, 6.07) is 13.3. The molecule has 1 aromatic carbocycles. The molecule has 1 aromatic heterocycles. The third kappa shape index (κ3) is 4.67. The second-order valence-electron chi connectivity index (χ2n) is 6.56. The number of nitrogens with one attached hydrogen (secondary N) is 3. The van der Waals surface area contributed by atoms with Gasteiger partial charge in [-0.15, -0.1) is 11.3 Å². The zero-order valence-corrected chi connectivity index (χ0v) is 15.2. The normalized spacial score (nSPS) is 21.3. The van der Waals surface area contributed by atoms with Gasteiger partial charge in [0.25, 0.3) is 5.91 Å². The van der Waals surface area contributed by atoms with E-state index in [1.165, 1.54) is 9.78 Å². The fraction of sp³-hybridized carbons (Fsp3) is 0.368. The molecule has 3 N–H and O–H groups in total. The fourth-order valence-electron chi connectivity index (χ4n) is 3.26. The lowest BCUT2D eigenvalue weighted by molar-refractivity contribution is -1.02. The molecule has 2 heterocycles. The van der Waals surface area contributed by atoms with E-state index in [1.54, 1.807) is 29.2 Å². The second-order valence-corrected chi connectivity index (χ2v) is 7.60. The lowest BCUT2D eigenvalue weighted by Crippen LogP contribution is -3.29. The quantitative estimate of drug-likeness (QED) is 0.702. The largest absolute Gasteiger partial charge is 0.321 e. The Kier molecular flexibility index (Phi) is 5.82. The van der Waals surface area contributed by atoms with E-state index in [0.29, 0.717) is 5.56 Å². The Bertz CT molecular complexity index is 728. The molecule has 1 fully saturated rings. The summed E-state index contributed by atoms with van der Waals surface area (Å²) in [6.07, 6.45) is 0. The van der Waals surface area contributed by atoms with Gasteiger partial charge in [0.05, 0.1) is 16.5 Å². The molecule has 0 bridgehead atoms. The van der Waals surface area contributed by atoms with Gasteiger partial charge in [0.1, 0.15) is 32.7 Å². The standard InChI is InChI=1S/C19H22N4OS/c1-15(19(24)21-17-6-4-16(13-20)5-7-17)23-10-8-22(9-11-23)14-18-3-2-12-25-18/h2-7,12,15H,8-11,14H2,1H3,(H,21,24)/p+2/t15-/m1/s1. The molecule has 0 radical (unpaired) electrons. The molecule has 0 aliphatic carbocycles. The summed E-state index contributed by atoms with van der Waals surface area (Å²) >= 11 is 1.82. The van der Waals surface area contributed by atoms with Crippen LogP contribution in [0, 0.1) is 11.3 Å². The Morgan fingerprint density at radius 3 is 2.56 bits per heavy atom. The minimum atomic E-state index is -0.0704. The van der Waals surface area contributed by atoms with Crippen LogP contribution in [0.15, 0.2) is 41.8 Å². The minimum Gasteiger partial charge on any atom is -0.321 e. The van der Waals surface area contributed by atoms with Gasteiger partial charge >= 0.3 is 0 Å². The smallest absolute Gasteiger partial charge is 0.282 e. The van der Waals surface area contributed by atoms with E-state index in [-0.39, 0.29) is 11.9 Å². The SMILES string of the molecule is C[C@H](C(=O)Nc1ccc(C#N)cc1)[NH+]1CC[NH+](Cc2cccs2)CC1. The molecule has 0 spiro atoms. The first-order chi connectivity index (χ1) is 12.2. The van der Waals surface area contributed by atoms with Gasteiger partial charge in [0.2, 0.25) is 0 Å². The van der Waals surface area contributed by atoms with E-state index in [0.717, 1.165) is 38.4 Å². The van der Waals surface area contributed by atoms with Crippen molar-refractivity contribution in [3.63, 3.8) is 0 Å². The van der Waals surface area contributed by atoms with E-state index in [9.17, 15) is 4.79 Å². The van der Waals surface area contributed by atoms with Crippen molar-refractivity contribution in [2.45, 2.75) is 19.5 Å². The molecule has 0 unspecified atom stereocenters. The number of thiophene rings is 1. The van der Waals surface area contributed by atoms with Gasteiger partial charge in [-0.2, -0.15) is 5.26 Å². The van der Waals surface area contributed by atoms with E-state index >= 15 is 0 Å². The fourth-order valence-corrected chi connectivity index (χ4v) is 4.03. The molecule has 0 saturated carbocycles. The van der Waals surface area contributed by atoms with Gasteiger partial charge < -0.3 is 15.1 Å². The number of piperazine rings is 1. The average Bonchev–Trinajstić information content (AvgIpc) is 3.15. The highest BCUT2D eigenvalue weighted by atomic mass is 32.1. The molecular weight excluding hydrogens is 332 g/mol. The number of quaternary nitrogens is 2. The van der Waals surface area contributed by atoms with Gasteiger partial charge in [-0.25, -0.2) is 0 Å². The Labute approximate surface area is 152 Å². The molecule has 2 aromatic rings. The van der Waals surface area contributed by atoms with Crippen molar-refractivity contribution in [2.24, 2.45) is 0 Å². The first kappa shape index (κ1) is 17.6. The molecule has 25 heavy (non-hydrogen) atoms. The van der Waals surface area contributed by atoms with Crippen LogP contribution in [0.25, 0.3) is 0 Å². The summed E-state index contributed by atoms with van der Waals surface area (Å²) in [5.41, 5.74) is 1.35. The van der Waals surface area contributed by atoms with Crippen LogP contribution in [0.2, 0.25) is 0 Å². The van der Waals surface area contributed by atoms with Gasteiger partial charge in [-0.3, -0.25) is 4.79 Å². The van der Waals surface area contributed by atoms with Crippen molar-refractivity contribution in [2.75, 3.05) is 31.5 Å². The van der Waals surface area contributed by atoms with Crippen molar-refractivity contribution in [3.05, 3.63) is 52.2 Å². The molecule has 130 valence electrons. The first-order valence-corrected chi connectivity index (χ1v) is 9.55. The molecule has 1 aliphatic rings. The number of anilines is 1. The molecule has 3 rings (SSSR count). The van der Waals surface area contributed by atoms with Crippen LogP contribution in [0.3, 0.4) is 0 Å². The maximum Gasteiger partial charge on any atom is 0.282 e. The third-order valence-corrected chi connectivity index (χ3v) is 5.77. The van der Waals surface area contributed by atoms with E-state index in [4.69, 9.17) is 5.26 Å². The van der Waals surface area contributed by atoms with E-state index in [1.807, 2.05) is 18.3 Å². The molecule has 1 amide bonds. The second kappa shape index (κ2) is 8.26. The monoisotopic (exact) mass is 356 g/mol. The van der Waals surface area contributed by atoms with E-state index in [2.05, 4.69) is 28.9 Å².